The number of esters is 2. The van der Waals surface area contributed by atoms with Gasteiger partial charge in [-0.15, -0.1) is 0 Å². The van der Waals surface area contributed by atoms with E-state index < -0.39 is 29.4 Å². The number of carboxylic acid groups (broad SMARTS) is 1. The SMILES string of the molecule is CCC(C)(CCC(C)(C)C(=O)OC)C(=O)OCC(=O)O. The van der Waals surface area contributed by atoms with Crippen LogP contribution in [0.15, 0.2) is 0 Å². The summed E-state index contributed by atoms with van der Waals surface area (Å²) in [5.74, 6) is -2.08. The van der Waals surface area contributed by atoms with Crippen LogP contribution < -0.4 is 0 Å². The first-order valence-electron chi connectivity index (χ1n) is 6.56. The number of carbonyl (C=O) groups excluding carboxylic acids is 2. The second-order valence-corrected chi connectivity index (χ2v) is 5.76. The molecule has 116 valence electrons. The molecule has 20 heavy (non-hydrogen) atoms. The number of aliphatic carboxylic acids is 1. The molecule has 0 spiro atoms. The normalized spacial score (nSPS) is 14.2. The van der Waals surface area contributed by atoms with Crippen molar-refractivity contribution < 1.29 is 29.0 Å². The van der Waals surface area contributed by atoms with E-state index in [2.05, 4.69) is 0 Å². The number of carboxylic acids is 1. The van der Waals surface area contributed by atoms with Gasteiger partial charge in [0.2, 0.25) is 0 Å². The van der Waals surface area contributed by atoms with Crippen molar-refractivity contribution in [3.8, 4) is 0 Å². The van der Waals surface area contributed by atoms with Crippen LogP contribution in [-0.4, -0.2) is 36.7 Å². The Kier molecular flexibility index (Phi) is 6.68. The maximum atomic E-state index is 12.0. The number of hydrogen-bond donors (Lipinski definition) is 1. The van der Waals surface area contributed by atoms with E-state index in [0.717, 1.165) is 0 Å². The number of carbonyl (C=O) groups is 3. The van der Waals surface area contributed by atoms with Crippen molar-refractivity contribution in [3.05, 3.63) is 0 Å². The van der Waals surface area contributed by atoms with Gasteiger partial charge in [-0.2, -0.15) is 0 Å². The van der Waals surface area contributed by atoms with Gasteiger partial charge < -0.3 is 14.6 Å². The molecule has 0 amide bonds. The molecule has 0 aliphatic heterocycles. The summed E-state index contributed by atoms with van der Waals surface area (Å²) in [6.07, 6.45) is 1.37. The van der Waals surface area contributed by atoms with Gasteiger partial charge in [0.1, 0.15) is 0 Å². The average Bonchev–Trinajstić information content (AvgIpc) is 2.40. The van der Waals surface area contributed by atoms with Crippen LogP contribution in [0.2, 0.25) is 0 Å². The molecule has 0 heterocycles. The van der Waals surface area contributed by atoms with Gasteiger partial charge in [-0.05, 0) is 40.0 Å². The first-order chi connectivity index (χ1) is 9.09. The van der Waals surface area contributed by atoms with Crippen molar-refractivity contribution in [2.24, 2.45) is 10.8 Å². The summed E-state index contributed by atoms with van der Waals surface area (Å²) < 4.78 is 9.48. The Morgan fingerprint density at radius 3 is 2.00 bits per heavy atom. The lowest BCUT2D eigenvalue weighted by Gasteiger charge is -2.29. The van der Waals surface area contributed by atoms with Gasteiger partial charge in [0.05, 0.1) is 17.9 Å². The highest BCUT2D eigenvalue weighted by atomic mass is 16.6. The molecule has 0 saturated carbocycles. The van der Waals surface area contributed by atoms with Crippen molar-refractivity contribution in [1.82, 2.24) is 0 Å². The molecule has 0 fully saturated rings. The Hall–Kier alpha value is -1.59. The van der Waals surface area contributed by atoms with E-state index in [1.54, 1.807) is 20.8 Å². The molecule has 0 aliphatic carbocycles. The van der Waals surface area contributed by atoms with Crippen molar-refractivity contribution in [2.45, 2.75) is 47.0 Å². The third-order valence-electron chi connectivity index (χ3n) is 3.64. The van der Waals surface area contributed by atoms with E-state index in [4.69, 9.17) is 14.6 Å². The summed E-state index contributed by atoms with van der Waals surface area (Å²) >= 11 is 0. The minimum atomic E-state index is -1.19. The lowest BCUT2D eigenvalue weighted by atomic mass is 9.76. The predicted octanol–water partition coefficient (Wildman–Crippen LogP) is 2.01. The maximum absolute atomic E-state index is 12.0. The summed E-state index contributed by atoms with van der Waals surface area (Å²) in [5.41, 5.74) is -1.50. The van der Waals surface area contributed by atoms with Gasteiger partial charge >= 0.3 is 17.9 Å². The Labute approximate surface area is 119 Å². The smallest absolute Gasteiger partial charge is 0.341 e. The van der Waals surface area contributed by atoms with Crippen molar-refractivity contribution >= 4 is 17.9 Å². The summed E-state index contributed by atoms with van der Waals surface area (Å²) in [6.45, 7) is 6.39. The largest absolute Gasteiger partial charge is 0.479 e. The molecule has 0 bridgehead atoms. The van der Waals surface area contributed by atoms with Gasteiger partial charge in [0, 0.05) is 0 Å². The molecule has 0 aromatic heterocycles. The fourth-order valence-corrected chi connectivity index (χ4v) is 1.69. The zero-order chi connectivity index (χ0) is 16.0. The number of methoxy groups -OCH3 is 1. The molecular weight excluding hydrogens is 264 g/mol. The first kappa shape index (κ1) is 18.4. The van der Waals surface area contributed by atoms with E-state index in [-0.39, 0.29) is 5.97 Å². The van der Waals surface area contributed by atoms with Crippen LogP contribution in [0.1, 0.15) is 47.0 Å². The molecule has 0 aromatic rings. The first-order valence-corrected chi connectivity index (χ1v) is 6.56. The van der Waals surface area contributed by atoms with Crippen LogP contribution >= 0.6 is 0 Å². The molecule has 6 nitrogen and oxygen atoms in total. The van der Waals surface area contributed by atoms with Crippen LogP contribution in [0, 0.1) is 10.8 Å². The maximum Gasteiger partial charge on any atom is 0.341 e. The van der Waals surface area contributed by atoms with Gasteiger partial charge in [-0.3, -0.25) is 9.59 Å². The fraction of sp³-hybridized carbons (Fsp3) is 0.786. The van der Waals surface area contributed by atoms with Crippen LogP contribution in [0.25, 0.3) is 0 Å². The van der Waals surface area contributed by atoms with Crippen molar-refractivity contribution in [3.63, 3.8) is 0 Å². The lowest BCUT2D eigenvalue weighted by molar-refractivity contribution is -0.164. The number of rotatable bonds is 8. The standard InChI is InChI=1S/C14H24O6/c1-6-14(4,12(18)20-9-10(15)16)8-7-13(2,3)11(17)19-5/h6-9H2,1-5H3,(H,15,16). The zero-order valence-electron chi connectivity index (χ0n) is 12.8. The third kappa shape index (κ3) is 5.19. The molecule has 0 aromatic carbocycles. The zero-order valence-corrected chi connectivity index (χ0v) is 12.8. The summed E-state index contributed by atoms with van der Waals surface area (Å²) in [6, 6.07) is 0. The second-order valence-electron chi connectivity index (χ2n) is 5.76. The minimum absolute atomic E-state index is 0.338. The molecule has 0 aliphatic rings. The lowest BCUT2D eigenvalue weighted by Crippen LogP contribution is -2.34. The highest BCUT2D eigenvalue weighted by molar-refractivity contribution is 5.80. The highest BCUT2D eigenvalue weighted by Gasteiger charge is 2.37. The van der Waals surface area contributed by atoms with E-state index >= 15 is 0 Å². The second kappa shape index (κ2) is 7.26. The van der Waals surface area contributed by atoms with Crippen LogP contribution in [0.5, 0.6) is 0 Å². The van der Waals surface area contributed by atoms with Gasteiger partial charge in [-0.1, -0.05) is 6.92 Å². The van der Waals surface area contributed by atoms with Gasteiger partial charge in [0.15, 0.2) is 6.61 Å². The van der Waals surface area contributed by atoms with Crippen molar-refractivity contribution in [1.29, 1.82) is 0 Å². The van der Waals surface area contributed by atoms with Crippen molar-refractivity contribution in [2.75, 3.05) is 13.7 Å². The Balaban J connectivity index is 4.70. The van der Waals surface area contributed by atoms with E-state index in [1.807, 2.05) is 6.92 Å². The predicted molar refractivity (Wildman–Crippen MR) is 72.0 cm³/mol. The van der Waals surface area contributed by atoms with Gasteiger partial charge in [0.25, 0.3) is 0 Å². The number of hydrogen-bond acceptors (Lipinski definition) is 5. The third-order valence-corrected chi connectivity index (χ3v) is 3.64. The minimum Gasteiger partial charge on any atom is -0.479 e. The Bertz CT molecular complexity index is 374. The summed E-state index contributed by atoms with van der Waals surface area (Å²) in [7, 11) is 1.32. The van der Waals surface area contributed by atoms with E-state index in [9.17, 15) is 14.4 Å². The molecule has 1 unspecified atom stereocenters. The van der Waals surface area contributed by atoms with Gasteiger partial charge in [-0.25, -0.2) is 4.79 Å². The quantitative estimate of drug-likeness (QED) is 0.687. The molecule has 0 rings (SSSR count). The Morgan fingerprint density at radius 1 is 1.05 bits per heavy atom. The van der Waals surface area contributed by atoms with Crippen LogP contribution in [0.3, 0.4) is 0 Å². The molecule has 0 radical (unpaired) electrons. The monoisotopic (exact) mass is 288 g/mol. The molecule has 1 N–H and O–H groups in total. The molecular formula is C14H24O6. The van der Waals surface area contributed by atoms with Crippen LogP contribution in [0.4, 0.5) is 0 Å². The van der Waals surface area contributed by atoms with E-state index in [0.29, 0.717) is 19.3 Å². The number of ether oxygens (including phenoxy) is 2. The molecule has 1 atom stereocenters. The fourth-order valence-electron chi connectivity index (χ4n) is 1.69. The average molecular weight is 288 g/mol. The Morgan fingerprint density at radius 2 is 1.60 bits per heavy atom. The molecule has 0 saturated heterocycles. The van der Waals surface area contributed by atoms with E-state index in [1.165, 1.54) is 7.11 Å². The summed E-state index contributed by atoms with van der Waals surface area (Å²) in [5, 5.41) is 8.53. The molecule has 6 heteroatoms. The summed E-state index contributed by atoms with van der Waals surface area (Å²) in [4.78, 5) is 34.0. The topological polar surface area (TPSA) is 89.9 Å². The highest BCUT2D eigenvalue weighted by Crippen LogP contribution is 2.35. The van der Waals surface area contributed by atoms with Crippen LogP contribution in [-0.2, 0) is 23.9 Å².